The molecule has 2 aromatic carbocycles. The van der Waals surface area contributed by atoms with E-state index in [4.69, 9.17) is 4.74 Å². The maximum atomic E-state index is 6.16. The molecule has 0 spiro atoms. The molecule has 0 saturated carbocycles. The summed E-state index contributed by atoms with van der Waals surface area (Å²) < 4.78 is 8.04. The Morgan fingerprint density at radius 3 is 2.48 bits per heavy atom. The van der Waals surface area contributed by atoms with Crippen LogP contribution in [0.5, 0.6) is 5.75 Å². The molecule has 0 saturated heterocycles. The lowest BCUT2D eigenvalue weighted by Crippen LogP contribution is -2.05. The topological polar surface area (TPSA) is 27.1 Å². The molecule has 1 heterocycles. The average Bonchev–Trinajstić information content (AvgIpc) is 3.10. The van der Waals surface area contributed by atoms with E-state index in [2.05, 4.69) is 23.7 Å². The highest BCUT2D eigenvalue weighted by molar-refractivity contribution is 5.85. The Bertz CT molecular complexity index is 754. The second-order valence-electron chi connectivity index (χ2n) is 5.08. The molecule has 1 atom stereocenters. The van der Waals surface area contributed by atoms with Crippen molar-refractivity contribution in [2.75, 3.05) is 0 Å². The van der Waals surface area contributed by atoms with Crippen molar-refractivity contribution < 1.29 is 4.74 Å². The highest BCUT2D eigenvalue weighted by Crippen LogP contribution is 2.29. The van der Waals surface area contributed by atoms with E-state index < -0.39 is 0 Å². The highest BCUT2D eigenvalue weighted by Gasteiger charge is 2.12. The number of benzene rings is 2. The largest absolute Gasteiger partial charge is 0.485 e. The quantitative estimate of drug-likeness (QED) is 0.662. The van der Waals surface area contributed by atoms with Gasteiger partial charge in [0, 0.05) is 18.0 Å². The van der Waals surface area contributed by atoms with E-state index in [1.165, 1.54) is 0 Å². The first kappa shape index (κ1) is 16.8. The molecule has 0 amide bonds. The van der Waals surface area contributed by atoms with Gasteiger partial charge in [0.25, 0.3) is 0 Å². The summed E-state index contributed by atoms with van der Waals surface area (Å²) in [7, 11) is 0. The lowest BCUT2D eigenvalue weighted by molar-refractivity contribution is 0.226. The molecule has 23 heavy (non-hydrogen) atoms. The molecule has 3 nitrogen and oxygen atoms in total. The molecule has 3 aromatic rings. The van der Waals surface area contributed by atoms with Gasteiger partial charge in [-0.05, 0) is 24.6 Å². The second-order valence-corrected chi connectivity index (χ2v) is 5.08. The van der Waals surface area contributed by atoms with Crippen LogP contribution >= 0.6 is 12.4 Å². The Morgan fingerprint density at radius 2 is 1.78 bits per heavy atom. The van der Waals surface area contributed by atoms with Crippen LogP contribution in [0.15, 0.2) is 79.9 Å². The van der Waals surface area contributed by atoms with Gasteiger partial charge in [-0.3, -0.25) is 0 Å². The van der Waals surface area contributed by atoms with E-state index in [-0.39, 0.29) is 18.5 Å². The molecule has 118 valence electrons. The minimum Gasteiger partial charge on any atom is -0.485 e. The lowest BCUT2D eigenvalue weighted by Gasteiger charge is -2.19. The second kappa shape index (κ2) is 7.65. The van der Waals surface area contributed by atoms with Gasteiger partial charge in [0.05, 0.1) is 12.0 Å². The Kier molecular flexibility index (Phi) is 5.61. The molecule has 0 aliphatic heterocycles. The van der Waals surface area contributed by atoms with Gasteiger partial charge in [-0.25, -0.2) is 4.98 Å². The van der Waals surface area contributed by atoms with E-state index >= 15 is 0 Å². The van der Waals surface area contributed by atoms with Gasteiger partial charge in [0.2, 0.25) is 0 Å². The Hall–Kier alpha value is -2.52. The molecule has 0 fully saturated rings. The van der Waals surface area contributed by atoms with Crippen LogP contribution in [0.4, 0.5) is 0 Å². The number of ether oxygens (including phenoxy) is 1. The summed E-state index contributed by atoms with van der Waals surface area (Å²) in [6.07, 6.45) is 5.32. The van der Waals surface area contributed by atoms with Crippen LogP contribution in [-0.4, -0.2) is 9.55 Å². The zero-order chi connectivity index (χ0) is 15.4. The van der Waals surface area contributed by atoms with Gasteiger partial charge in [-0.1, -0.05) is 49.0 Å². The molecule has 1 aromatic heterocycles. The molecule has 3 rings (SSSR count). The number of hydrogen-bond donors (Lipinski definition) is 0. The van der Waals surface area contributed by atoms with E-state index in [0.717, 1.165) is 22.6 Å². The maximum absolute atomic E-state index is 6.16. The molecular formula is C19H19ClN2O. The maximum Gasteiger partial charge on any atom is 0.129 e. The zero-order valence-electron chi connectivity index (χ0n) is 12.9. The van der Waals surface area contributed by atoms with Crippen LogP contribution < -0.4 is 4.74 Å². The Balaban J connectivity index is 0.00000192. The molecule has 4 heteroatoms. The number of imidazole rings is 1. The number of para-hydroxylation sites is 1. The fraction of sp³-hybridized carbons (Fsp3) is 0.105. The zero-order valence-corrected chi connectivity index (χ0v) is 13.7. The fourth-order valence-electron chi connectivity index (χ4n) is 2.35. The SMILES string of the molecule is C=C(c1ccccc1OC(C)c1ccccc1)n1ccnc1.Cl. The number of rotatable bonds is 5. The first-order chi connectivity index (χ1) is 10.8. The van der Waals surface area contributed by atoms with Gasteiger partial charge >= 0.3 is 0 Å². The summed E-state index contributed by atoms with van der Waals surface area (Å²) in [6.45, 7) is 6.20. The van der Waals surface area contributed by atoms with Gasteiger partial charge in [-0.2, -0.15) is 0 Å². The molecule has 1 unspecified atom stereocenters. The van der Waals surface area contributed by atoms with Crippen molar-refractivity contribution >= 4 is 18.1 Å². The van der Waals surface area contributed by atoms with E-state index in [9.17, 15) is 0 Å². The minimum absolute atomic E-state index is 0. The van der Waals surface area contributed by atoms with E-state index in [1.54, 1.807) is 12.5 Å². The summed E-state index contributed by atoms with van der Waals surface area (Å²) in [5, 5.41) is 0. The van der Waals surface area contributed by atoms with Gasteiger partial charge < -0.3 is 9.30 Å². The van der Waals surface area contributed by atoms with Crippen LogP contribution in [0.3, 0.4) is 0 Å². The summed E-state index contributed by atoms with van der Waals surface area (Å²) in [5.41, 5.74) is 2.95. The number of halogens is 1. The molecule has 0 aliphatic rings. The van der Waals surface area contributed by atoms with Crippen molar-refractivity contribution in [1.29, 1.82) is 0 Å². The normalized spacial score (nSPS) is 11.3. The first-order valence-electron chi connectivity index (χ1n) is 7.24. The van der Waals surface area contributed by atoms with Crippen LogP contribution in [0, 0.1) is 0 Å². The van der Waals surface area contributed by atoms with Crippen molar-refractivity contribution in [3.8, 4) is 5.75 Å². The fourth-order valence-corrected chi connectivity index (χ4v) is 2.35. The first-order valence-corrected chi connectivity index (χ1v) is 7.24. The van der Waals surface area contributed by atoms with Gasteiger partial charge in [0.1, 0.15) is 11.9 Å². The van der Waals surface area contributed by atoms with Crippen LogP contribution in [0.2, 0.25) is 0 Å². The third-order valence-electron chi connectivity index (χ3n) is 3.59. The third-order valence-corrected chi connectivity index (χ3v) is 3.59. The third kappa shape index (κ3) is 3.82. The van der Waals surface area contributed by atoms with E-state index in [0.29, 0.717) is 0 Å². The van der Waals surface area contributed by atoms with Crippen LogP contribution in [0.25, 0.3) is 5.70 Å². The van der Waals surface area contributed by atoms with Crippen LogP contribution in [-0.2, 0) is 0 Å². The van der Waals surface area contributed by atoms with Gasteiger partial charge in [-0.15, -0.1) is 12.4 Å². The minimum atomic E-state index is -0.0297. The van der Waals surface area contributed by atoms with Crippen molar-refractivity contribution in [2.24, 2.45) is 0 Å². The summed E-state index contributed by atoms with van der Waals surface area (Å²) in [6, 6.07) is 18.1. The molecule has 0 bridgehead atoms. The predicted octanol–water partition coefficient (Wildman–Crippen LogP) is 4.96. The Labute approximate surface area is 142 Å². The van der Waals surface area contributed by atoms with Crippen molar-refractivity contribution in [2.45, 2.75) is 13.0 Å². The monoisotopic (exact) mass is 326 g/mol. The molecule has 0 radical (unpaired) electrons. The van der Waals surface area contributed by atoms with Crippen molar-refractivity contribution in [3.05, 3.63) is 91.0 Å². The van der Waals surface area contributed by atoms with Crippen LogP contribution in [0.1, 0.15) is 24.2 Å². The van der Waals surface area contributed by atoms with Crippen molar-refractivity contribution in [3.63, 3.8) is 0 Å². The Morgan fingerprint density at radius 1 is 1.09 bits per heavy atom. The smallest absolute Gasteiger partial charge is 0.129 e. The number of nitrogens with zero attached hydrogens (tertiary/aromatic N) is 2. The number of hydrogen-bond acceptors (Lipinski definition) is 2. The number of aromatic nitrogens is 2. The lowest BCUT2D eigenvalue weighted by atomic mass is 10.1. The standard InChI is InChI=1S/C19H18N2O.ClH/c1-15(21-13-12-20-14-21)18-10-6-7-11-19(18)22-16(2)17-8-4-3-5-9-17;/h3-14,16H,1H2,2H3;1H. The molecule has 0 N–H and O–H groups in total. The summed E-state index contributed by atoms with van der Waals surface area (Å²) >= 11 is 0. The molecular weight excluding hydrogens is 308 g/mol. The summed E-state index contributed by atoms with van der Waals surface area (Å²) in [5.74, 6) is 0.817. The highest BCUT2D eigenvalue weighted by atomic mass is 35.5. The summed E-state index contributed by atoms with van der Waals surface area (Å²) in [4.78, 5) is 4.07. The van der Waals surface area contributed by atoms with E-state index in [1.807, 2.05) is 60.2 Å². The average molecular weight is 327 g/mol. The van der Waals surface area contributed by atoms with Gasteiger partial charge in [0.15, 0.2) is 0 Å². The predicted molar refractivity (Wildman–Crippen MR) is 95.8 cm³/mol. The molecule has 0 aliphatic carbocycles. The van der Waals surface area contributed by atoms with Crippen molar-refractivity contribution in [1.82, 2.24) is 9.55 Å².